The molecule has 1 heterocycles. The van der Waals surface area contributed by atoms with Crippen LogP contribution in [0.15, 0.2) is 0 Å². The molecule has 1 aliphatic heterocycles. The average molecular weight is 290 g/mol. The first-order valence-electron chi connectivity index (χ1n) is 8.61. The summed E-state index contributed by atoms with van der Waals surface area (Å²) in [4.78, 5) is 15.2. The largest absolute Gasteiger partial charge is 0.374 e. The molecule has 2 aliphatic carbocycles. The molecule has 0 bridgehead atoms. The molecule has 0 aromatic heterocycles. The van der Waals surface area contributed by atoms with Crippen LogP contribution in [-0.2, 0) is 9.53 Å². The SMILES string of the molecule is N#CC1(C(=O)N2CCOC3CCCCC32)CCCCCC1. The summed E-state index contributed by atoms with van der Waals surface area (Å²) in [6.45, 7) is 1.30. The highest BCUT2D eigenvalue weighted by atomic mass is 16.5. The van der Waals surface area contributed by atoms with Gasteiger partial charge in [0.25, 0.3) is 0 Å². The third-order valence-electron chi connectivity index (χ3n) is 5.57. The van der Waals surface area contributed by atoms with E-state index < -0.39 is 5.41 Å². The monoisotopic (exact) mass is 290 g/mol. The molecule has 3 rings (SSSR count). The number of hydrogen-bond donors (Lipinski definition) is 0. The second-order valence-corrected chi connectivity index (χ2v) is 6.87. The molecule has 2 atom stereocenters. The van der Waals surface area contributed by atoms with Crippen LogP contribution in [0.1, 0.15) is 64.2 Å². The standard InChI is InChI=1S/C17H26N2O2/c18-13-17(9-5-1-2-6-10-17)16(20)19-11-12-21-15-8-4-3-7-14(15)19/h14-15H,1-12H2. The number of rotatable bonds is 1. The van der Waals surface area contributed by atoms with Crippen LogP contribution in [0, 0.1) is 16.7 Å². The molecule has 2 saturated carbocycles. The number of fused-ring (bicyclic) bond motifs is 1. The molecule has 4 nitrogen and oxygen atoms in total. The van der Waals surface area contributed by atoms with Crippen molar-refractivity contribution >= 4 is 5.91 Å². The fourth-order valence-corrected chi connectivity index (χ4v) is 4.33. The van der Waals surface area contributed by atoms with Gasteiger partial charge in [0.1, 0.15) is 5.41 Å². The minimum Gasteiger partial charge on any atom is -0.374 e. The fraction of sp³-hybridized carbons (Fsp3) is 0.882. The van der Waals surface area contributed by atoms with Gasteiger partial charge in [0.2, 0.25) is 5.91 Å². The molecule has 2 unspecified atom stereocenters. The summed E-state index contributed by atoms with van der Waals surface area (Å²) in [6.07, 6.45) is 10.5. The van der Waals surface area contributed by atoms with Gasteiger partial charge in [-0.1, -0.05) is 38.5 Å². The second kappa shape index (κ2) is 6.36. The predicted octanol–water partition coefficient (Wildman–Crippen LogP) is 3.02. The Balaban J connectivity index is 1.80. The number of morpholine rings is 1. The van der Waals surface area contributed by atoms with Gasteiger partial charge in [-0.2, -0.15) is 5.26 Å². The average Bonchev–Trinajstić information content (AvgIpc) is 2.80. The van der Waals surface area contributed by atoms with Gasteiger partial charge in [-0.25, -0.2) is 0 Å². The van der Waals surface area contributed by atoms with Crippen molar-refractivity contribution in [2.24, 2.45) is 5.41 Å². The van der Waals surface area contributed by atoms with Gasteiger partial charge in [0.15, 0.2) is 0 Å². The molecular weight excluding hydrogens is 264 g/mol. The zero-order chi connectivity index (χ0) is 14.7. The lowest BCUT2D eigenvalue weighted by Crippen LogP contribution is -2.58. The Morgan fingerprint density at radius 2 is 1.81 bits per heavy atom. The molecule has 0 aromatic rings. The van der Waals surface area contributed by atoms with Crippen LogP contribution < -0.4 is 0 Å². The van der Waals surface area contributed by atoms with E-state index in [0.717, 1.165) is 51.4 Å². The van der Waals surface area contributed by atoms with Gasteiger partial charge in [-0.3, -0.25) is 4.79 Å². The smallest absolute Gasteiger partial charge is 0.243 e. The van der Waals surface area contributed by atoms with E-state index in [4.69, 9.17) is 4.74 Å². The highest BCUT2D eigenvalue weighted by Gasteiger charge is 2.46. The highest BCUT2D eigenvalue weighted by molar-refractivity contribution is 5.86. The van der Waals surface area contributed by atoms with Crippen molar-refractivity contribution in [2.45, 2.75) is 76.4 Å². The van der Waals surface area contributed by atoms with Gasteiger partial charge < -0.3 is 9.64 Å². The Bertz CT molecular complexity index is 419. The molecule has 3 aliphatic rings. The van der Waals surface area contributed by atoms with Crippen molar-refractivity contribution in [1.29, 1.82) is 5.26 Å². The predicted molar refractivity (Wildman–Crippen MR) is 79.5 cm³/mol. The Morgan fingerprint density at radius 1 is 1.10 bits per heavy atom. The van der Waals surface area contributed by atoms with Crippen molar-refractivity contribution < 1.29 is 9.53 Å². The lowest BCUT2D eigenvalue weighted by molar-refractivity contribution is -0.157. The van der Waals surface area contributed by atoms with E-state index in [9.17, 15) is 10.1 Å². The summed E-state index contributed by atoms with van der Waals surface area (Å²) in [6, 6.07) is 2.63. The molecule has 3 fully saturated rings. The van der Waals surface area contributed by atoms with E-state index in [-0.39, 0.29) is 18.1 Å². The highest BCUT2D eigenvalue weighted by Crippen LogP contribution is 2.39. The first-order valence-corrected chi connectivity index (χ1v) is 8.61. The van der Waals surface area contributed by atoms with Crippen molar-refractivity contribution in [3.63, 3.8) is 0 Å². The quantitative estimate of drug-likeness (QED) is 0.698. The number of ether oxygens (including phenoxy) is 1. The van der Waals surface area contributed by atoms with Crippen LogP contribution >= 0.6 is 0 Å². The van der Waals surface area contributed by atoms with Crippen molar-refractivity contribution in [2.75, 3.05) is 13.2 Å². The maximum absolute atomic E-state index is 13.2. The number of nitriles is 1. The molecule has 21 heavy (non-hydrogen) atoms. The number of carbonyl (C=O) groups is 1. The summed E-state index contributed by atoms with van der Waals surface area (Å²) in [5.41, 5.74) is -0.754. The summed E-state index contributed by atoms with van der Waals surface area (Å²) in [5.74, 6) is 0.104. The van der Waals surface area contributed by atoms with E-state index in [0.29, 0.717) is 13.2 Å². The maximum atomic E-state index is 13.2. The zero-order valence-corrected chi connectivity index (χ0v) is 12.9. The van der Waals surface area contributed by atoms with Gasteiger partial charge >= 0.3 is 0 Å². The Labute approximate surface area is 127 Å². The zero-order valence-electron chi connectivity index (χ0n) is 12.9. The number of carbonyl (C=O) groups excluding carboxylic acids is 1. The number of hydrogen-bond acceptors (Lipinski definition) is 3. The third-order valence-corrected chi connectivity index (χ3v) is 5.57. The summed E-state index contributed by atoms with van der Waals surface area (Å²) in [7, 11) is 0. The third kappa shape index (κ3) is 2.81. The molecular formula is C17H26N2O2. The lowest BCUT2D eigenvalue weighted by atomic mass is 9.79. The lowest BCUT2D eigenvalue weighted by Gasteiger charge is -2.46. The van der Waals surface area contributed by atoms with Gasteiger partial charge in [-0.15, -0.1) is 0 Å². The molecule has 0 radical (unpaired) electrons. The Morgan fingerprint density at radius 3 is 2.52 bits per heavy atom. The minimum atomic E-state index is -0.754. The summed E-state index contributed by atoms with van der Waals surface area (Å²) < 4.78 is 5.86. The summed E-state index contributed by atoms with van der Waals surface area (Å²) in [5, 5.41) is 9.73. The normalized spacial score (nSPS) is 32.6. The van der Waals surface area contributed by atoms with Crippen molar-refractivity contribution in [3.05, 3.63) is 0 Å². The van der Waals surface area contributed by atoms with E-state index in [1.54, 1.807) is 0 Å². The van der Waals surface area contributed by atoms with Crippen LogP contribution in [-0.4, -0.2) is 36.1 Å². The topological polar surface area (TPSA) is 53.3 Å². The van der Waals surface area contributed by atoms with Crippen LogP contribution in [0.2, 0.25) is 0 Å². The van der Waals surface area contributed by atoms with Crippen LogP contribution in [0.25, 0.3) is 0 Å². The molecule has 1 saturated heterocycles. The molecule has 0 aromatic carbocycles. The fourth-order valence-electron chi connectivity index (χ4n) is 4.33. The number of nitrogens with zero attached hydrogens (tertiary/aromatic N) is 2. The maximum Gasteiger partial charge on any atom is 0.243 e. The second-order valence-electron chi connectivity index (χ2n) is 6.87. The van der Waals surface area contributed by atoms with Gasteiger partial charge in [0, 0.05) is 6.54 Å². The molecule has 116 valence electrons. The van der Waals surface area contributed by atoms with Crippen LogP contribution in [0.5, 0.6) is 0 Å². The first-order chi connectivity index (χ1) is 10.3. The first kappa shape index (κ1) is 14.8. The van der Waals surface area contributed by atoms with Crippen molar-refractivity contribution in [1.82, 2.24) is 4.90 Å². The number of amides is 1. The minimum absolute atomic E-state index is 0.104. The van der Waals surface area contributed by atoms with Crippen LogP contribution in [0.4, 0.5) is 0 Å². The molecule has 1 amide bonds. The van der Waals surface area contributed by atoms with Crippen LogP contribution in [0.3, 0.4) is 0 Å². The van der Waals surface area contributed by atoms with E-state index in [1.165, 1.54) is 12.8 Å². The molecule has 0 spiro atoms. The van der Waals surface area contributed by atoms with Gasteiger partial charge in [0.05, 0.1) is 24.8 Å². The van der Waals surface area contributed by atoms with Gasteiger partial charge in [-0.05, 0) is 25.7 Å². The van der Waals surface area contributed by atoms with E-state index in [1.807, 2.05) is 4.90 Å². The van der Waals surface area contributed by atoms with E-state index in [2.05, 4.69) is 6.07 Å². The molecule has 4 heteroatoms. The Hall–Kier alpha value is -1.08. The molecule has 0 N–H and O–H groups in total. The van der Waals surface area contributed by atoms with E-state index >= 15 is 0 Å². The summed E-state index contributed by atoms with van der Waals surface area (Å²) >= 11 is 0. The Kier molecular flexibility index (Phi) is 4.49. The van der Waals surface area contributed by atoms with Crippen molar-refractivity contribution in [3.8, 4) is 6.07 Å².